The summed E-state index contributed by atoms with van der Waals surface area (Å²) in [6.45, 7) is 9.35. The maximum absolute atomic E-state index is 12.8. The molecule has 0 spiro atoms. The quantitative estimate of drug-likeness (QED) is 0.597. The number of amides is 2. The second kappa shape index (κ2) is 12.6. The highest BCUT2D eigenvalue weighted by molar-refractivity contribution is 5.79. The number of hydrogen-bond acceptors (Lipinski definition) is 4. The zero-order valence-corrected chi connectivity index (χ0v) is 22.2. The predicted octanol–water partition coefficient (Wildman–Crippen LogP) is 4.14. The Kier molecular flexibility index (Phi) is 8.97. The Labute approximate surface area is 218 Å². The van der Waals surface area contributed by atoms with Gasteiger partial charge in [0.05, 0.1) is 0 Å². The van der Waals surface area contributed by atoms with Crippen LogP contribution in [0, 0.1) is 11.8 Å². The second-order valence-electron chi connectivity index (χ2n) is 11.7. The molecule has 0 bridgehead atoms. The molecule has 0 atom stereocenters. The standard InChI is InChI=1S/C30H46N4O2/c35-29(27-7-3-1-4-8-27)33-19-15-31(16-20-33)23-25-11-13-26(14-12-25)24-32-17-21-34(22-18-32)30(36)28-9-5-2-6-10-28/h11-14,27-28H,1-10,15-24H2. The molecular weight excluding hydrogens is 448 g/mol. The van der Waals surface area contributed by atoms with Gasteiger partial charge in [-0.25, -0.2) is 0 Å². The van der Waals surface area contributed by atoms with E-state index in [1.807, 2.05) is 0 Å². The fourth-order valence-corrected chi connectivity index (χ4v) is 6.73. The summed E-state index contributed by atoms with van der Waals surface area (Å²) in [7, 11) is 0. The van der Waals surface area contributed by atoms with Gasteiger partial charge in [-0.3, -0.25) is 19.4 Å². The highest BCUT2D eigenvalue weighted by Crippen LogP contribution is 2.27. The highest BCUT2D eigenvalue weighted by atomic mass is 16.2. The van der Waals surface area contributed by atoms with Gasteiger partial charge in [-0.1, -0.05) is 62.8 Å². The first-order chi connectivity index (χ1) is 17.7. The predicted molar refractivity (Wildman–Crippen MR) is 143 cm³/mol. The van der Waals surface area contributed by atoms with Gasteiger partial charge in [0.15, 0.2) is 0 Å². The molecule has 0 unspecified atom stereocenters. The smallest absolute Gasteiger partial charge is 0.225 e. The molecule has 0 radical (unpaired) electrons. The SMILES string of the molecule is O=C(C1CCCCC1)N1CCN(Cc2ccc(CN3CCN(C(=O)C4CCCCC4)CC3)cc2)CC1. The molecule has 2 saturated carbocycles. The largest absolute Gasteiger partial charge is 0.340 e. The molecule has 5 rings (SSSR count). The average molecular weight is 495 g/mol. The second-order valence-corrected chi connectivity index (χ2v) is 11.7. The Morgan fingerprint density at radius 1 is 0.528 bits per heavy atom. The molecule has 2 aliphatic heterocycles. The van der Waals surface area contributed by atoms with Crippen molar-refractivity contribution >= 4 is 11.8 Å². The van der Waals surface area contributed by atoms with Crippen molar-refractivity contribution in [1.29, 1.82) is 0 Å². The van der Waals surface area contributed by atoms with Crippen LogP contribution in [0.1, 0.15) is 75.3 Å². The van der Waals surface area contributed by atoms with E-state index in [1.54, 1.807) is 0 Å². The first-order valence-corrected chi connectivity index (χ1v) is 14.8. The molecule has 2 amide bonds. The van der Waals surface area contributed by atoms with E-state index in [9.17, 15) is 9.59 Å². The average Bonchev–Trinajstić information content (AvgIpc) is 2.95. The van der Waals surface area contributed by atoms with Crippen LogP contribution in [0.5, 0.6) is 0 Å². The first kappa shape index (κ1) is 25.7. The Morgan fingerprint density at radius 2 is 0.861 bits per heavy atom. The summed E-state index contributed by atoms with van der Waals surface area (Å²) in [5.41, 5.74) is 2.71. The minimum absolute atomic E-state index is 0.290. The maximum atomic E-state index is 12.8. The molecular formula is C30H46N4O2. The van der Waals surface area contributed by atoms with Gasteiger partial charge in [-0.05, 0) is 36.8 Å². The maximum Gasteiger partial charge on any atom is 0.225 e. The van der Waals surface area contributed by atoms with Crippen LogP contribution in [0.3, 0.4) is 0 Å². The Balaban J connectivity index is 1.02. The van der Waals surface area contributed by atoms with Crippen LogP contribution in [0.15, 0.2) is 24.3 Å². The summed E-state index contributed by atoms with van der Waals surface area (Å²) in [5, 5.41) is 0. The molecule has 198 valence electrons. The van der Waals surface area contributed by atoms with Crippen molar-refractivity contribution < 1.29 is 9.59 Å². The lowest BCUT2D eigenvalue weighted by Crippen LogP contribution is -2.50. The molecule has 1 aromatic carbocycles. The van der Waals surface area contributed by atoms with E-state index in [0.717, 1.165) is 91.1 Å². The van der Waals surface area contributed by atoms with Gasteiger partial charge in [0.1, 0.15) is 0 Å². The van der Waals surface area contributed by atoms with Gasteiger partial charge >= 0.3 is 0 Å². The molecule has 1 aromatic rings. The van der Waals surface area contributed by atoms with E-state index in [2.05, 4.69) is 43.9 Å². The Hall–Kier alpha value is -1.92. The Bertz CT molecular complexity index is 773. The van der Waals surface area contributed by atoms with E-state index < -0.39 is 0 Å². The van der Waals surface area contributed by atoms with Crippen molar-refractivity contribution in [2.75, 3.05) is 52.4 Å². The van der Waals surface area contributed by atoms with Gasteiger partial charge in [-0.15, -0.1) is 0 Å². The molecule has 0 aromatic heterocycles. The van der Waals surface area contributed by atoms with Crippen molar-refractivity contribution in [2.45, 2.75) is 77.3 Å². The first-order valence-electron chi connectivity index (χ1n) is 14.8. The van der Waals surface area contributed by atoms with E-state index >= 15 is 0 Å². The zero-order chi connectivity index (χ0) is 24.7. The zero-order valence-electron chi connectivity index (χ0n) is 22.2. The van der Waals surface area contributed by atoms with E-state index in [-0.39, 0.29) is 11.8 Å². The van der Waals surface area contributed by atoms with Gasteiger partial charge < -0.3 is 9.80 Å². The van der Waals surface area contributed by atoms with Crippen LogP contribution in [0.4, 0.5) is 0 Å². The van der Waals surface area contributed by atoms with Crippen LogP contribution in [0.2, 0.25) is 0 Å². The number of carbonyl (C=O) groups is 2. The van der Waals surface area contributed by atoms with Gasteiger partial charge in [0.25, 0.3) is 0 Å². The molecule has 4 fully saturated rings. The third kappa shape index (κ3) is 6.69. The molecule has 2 aliphatic carbocycles. The number of piperazine rings is 2. The molecule has 0 N–H and O–H groups in total. The number of hydrogen-bond donors (Lipinski definition) is 0. The monoisotopic (exact) mass is 494 g/mol. The topological polar surface area (TPSA) is 47.1 Å². The summed E-state index contributed by atoms with van der Waals surface area (Å²) < 4.78 is 0. The normalized spacial score (nSPS) is 23.7. The lowest BCUT2D eigenvalue weighted by atomic mass is 9.88. The van der Waals surface area contributed by atoms with Crippen molar-refractivity contribution in [3.8, 4) is 0 Å². The summed E-state index contributed by atoms with van der Waals surface area (Å²) in [6.07, 6.45) is 11.9. The fourth-order valence-electron chi connectivity index (χ4n) is 6.73. The van der Waals surface area contributed by atoms with Gasteiger partial charge in [0, 0.05) is 77.3 Å². The van der Waals surface area contributed by atoms with Crippen LogP contribution >= 0.6 is 0 Å². The third-order valence-corrected chi connectivity index (χ3v) is 9.11. The molecule has 2 heterocycles. The Morgan fingerprint density at radius 3 is 1.19 bits per heavy atom. The minimum Gasteiger partial charge on any atom is -0.340 e. The number of benzene rings is 1. The molecule has 6 nitrogen and oxygen atoms in total. The lowest BCUT2D eigenvalue weighted by molar-refractivity contribution is -0.139. The summed E-state index contributed by atoms with van der Waals surface area (Å²) >= 11 is 0. The highest BCUT2D eigenvalue weighted by Gasteiger charge is 2.29. The van der Waals surface area contributed by atoms with E-state index in [1.165, 1.54) is 49.7 Å². The third-order valence-electron chi connectivity index (χ3n) is 9.11. The minimum atomic E-state index is 0.290. The molecule has 36 heavy (non-hydrogen) atoms. The lowest BCUT2D eigenvalue weighted by Gasteiger charge is -2.37. The summed E-state index contributed by atoms with van der Waals surface area (Å²) in [4.78, 5) is 34.9. The van der Waals surface area contributed by atoms with Crippen LogP contribution in [0.25, 0.3) is 0 Å². The molecule has 6 heteroatoms. The van der Waals surface area contributed by atoms with Crippen molar-refractivity contribution in [3.63, 3.8) is 0 Å². The van der Waals surface area contributed by atoms with Crippen LogP contribution in [-0.4, -0.2) is 83.8 Å². The number of nitrogens with zero attached hydrogens (tertiary/aromatic N) is 4. The van der Waals surface area contributed by atoms with Crippen molar-refractivity contribution in [1.82, 2.24) is 19.6 Å². The summed E-state index contributed by atoms with van der Waals surface area (Å²) in [6, 6.07) is 9.10. The van der Waals surface area contributed by atoms with Crippen molar-refractivity contribution in [2.24, 2.45) is 11.8 Å². The number of rotatable bonds is 6. The summed E-state index contributed by atoms with van der Waals surface area (Å²) in [5.74, 6) is 1.41. The van der Waals surface area contributed by atoms with Gasteiger partial charge in [0.2, 0.25) is 11.8 Å². The van der Waals surface area contributed by atoms with Crippen LogP contribution in [-0.2, 0) is 22.7 Å². The van der Waals surface area contributed by atoms with Crippen LogP contribution < -0.4 is 0 Å². The van der Waals surface area contributed by atoms with Crippen molar-refractivity contribution in [3.05, 3.63) is 35.4 Å². The van der Waals surface area contributed by atoms with E-state index in [0.29, 0.717) is 11.8 Å². The van der Waals surface area contributed by atoms with Gasteiger partial charge in [-0.2, -0.15) is 0 Å². The van der Waals surface area contributed by atoms with E-state index in [4.69, 9.17) is 0 Å². The fraction of sp³-hybridized carbons (Fsp3) is 0.733. The molecule has 4 aliphatic rings. The number of carbonyl (C=O) groups excluding carboxylic acids is 2. The molecule has 2 saturated heterocycles.